The van der Waals surface area contributed by atoms with E-state index < -0.39 is 0 Å². The quantitative estimate of drug-likeness (QED) is 0.834. The minimum Gasteiger partial charge on any atom is -0.307 e. The standard InChI is InChI=1S/C17H26FN/c1-12-11-17(3,4)10-9-16(12)19-13(2)14-7-5-6-8-15(14)18/h5-8,12-13,16,19H,9-11H2,1-4H3/t12?,13-,16?/m1/s1. The SMILES string of the molecule is CC1CC(C)(C)CCC1N[C@H](C)c1ccccc1F. The summed E-state index contributed by atoms with van der Waals surface area (Å²) >= 11 is 0. The maximum Gasteiger partial charge on any atom is 0.127 e. The molecule has 0 spiro atoms. The first kappa shape index (κ1) is 14.5. The van der Waals surface area contributed by atoms with E-state index in [1.54, 1.807) is 12.1 Å². The normalized spacial score (nSPS) is 28.1. The van der Waals surface area contributed by atoms with Crippen molar-refractivity contribution in [3.63, 3.8) is 0 Å². The van der Waals surface area contributed by atoms with E-state index in [4.69, 9.17) is 0 Å². The van der Waals surface area contributed by atoms with Crippen LogP contribution in [0.2, 0.25) is 0 Å². The van der Waals surface area contributed by atoms with Crippen LogP contribution in [0.3, 0.4) is 0 Å². The van der Waals surface area contributed by atoms with E-state index in [9.17, 15) is 4.39 Å². The minimum absolute atomic E-state index is 0.0786. The van der Waals surface area contributed by atoms with Crippen LogP contribution in [-0.2, 0) is 0 Å². The molecule has 0 bridgehead atoms. The lowest BCUT2D eigenvalue weighted by atomic mass is 9.70. The highest BCUT2D eigenvalue weighted by Crippen LogP contribution is 2.39. The van der Waals surface area contributed by atoms with Gasteiger partial charge in [0.1, 0.15) is 5.82 Å². The Labute approximate surface area is 116 Å². The molecule has 2 unspecified atom stereocenters. The number of hydrogen-bond acceptors (Lipinski definition) is 1. The number of rotatable bonds is 3. The van der Waals surface area contributed by atoms with Gasteiger partial charge >= 0.3 is 0 Å². The summed E-state index contributed by atoms with van der Waals surface area (Å²) in [6, 6.07) is 7.66. The molecule has 2 rings (SSSR count). The third kappa shape index (κ3) is 3.56. The van der Waals surface area contributed by atoms with Crippen molar-refractivity contribution in [2.45, 2.75) is 59.0 Å². The van der Waals surface area contributed by atoms with E-state index in [-0.39, 0.29) is 11.9 Å². The molecule has 1 saturated carbocycles. The summed E-state index contributed by atoms with van der Waals surface area (Å²) in [4.78, 5) is 0. The van der Waals surface area contributed by atoms with Gasteiger partial charge in [0.05, 0.1) is 0 Å². The first-order valence-electron chi connectivity index (χ1n) is 7.39. The molecule has 0 radical (unpaired) electrons. The van der Waals surface area contributed by atoms with Crippen LogP contribution in [-0.4, -0.2) is 6.04 Å². The van der Waals surface area contributed by atoms with Crippen LogP contribution < -0.4 is 5.32 Å². The summed E-state index contributed by atoms with van der Waals surface area (Å²) in [7, 11) is 0. The summed E-state index contributed by atoms with van der Waals surface area (Å²) in [5.74, 6) is 0.546. The zero-order chi connectivity index (χ0) is 14.0. The average Bonchev–Trinajstić information content (AvgIpc) is 2.32. The fourth-order valence-corrected chi connectivity index (χ4v) is 3.43. The van der Waals surface area contributed by atoms with Crippen molar-refractivity contribution in [2.75, 3.05) is 0 Å². The Hall–Kier alpha value is -0.890. The Balaban J connectivity index is 2.00. The third-order valence-electron chi connectivity index (χ3n) is 4.53. The highest BCUT2D eigenvalue weighted by atomic mass is 19.1. The molecule has 1 aromatic carbocycles. The zero-order valence-electron chi connectivity index (χ0n) is 12.5. The van der Waals surface area contributed by atoms with E-state index in [1.165, 1.54) is 19.3 Å². The average molecular weight is 263 g/mol. The molecule has 2 heteroatoms. The molecule has 0 aromatic heterocycles. The molecule has 19 heavy (non-hydrogen) atoms. The molecule has 1 aromatic rings. The summed E-state index contributed by atoms with van der Waals surface area (Å²) in [5.41, 5.74) is 1.23. The number of benzene rings is 1. The van der Waals surface area contributed by atoms with Gasteiger partial charge in [-0.1, -0.05) is 39.0 Å². The number of hydrogen-bond donors (Lipinski definition) is 1. The van der Waals surface area contributed by atoms with Gasteiger partial charge in [0.15, 0.2) is 0 Å². The van der Waals surface area contributed by atoms with Crippen LogP contribution in [0.25, 0.3) is 0 Å². The molecular formula is C17H26FN. The molecule has 0 aliphatic heterocycles. The molecule has 1 aliphatic carbocycles. The van der Waals surface area contributed by atoms with E-state index >= 15 is 0 Å². The van der Waals surface area contributed by atoms with E-state index in [1.807, 2.05) is 12.1 Å². The molecule has 1 nitrogen and oxygen atoms in total. The predicted octanol–water partition coefficient (Wildman–Crippen LogP) is 4.69. The van der Waals surface area contributed by atoms with Crippen LogP contribution >= 0.6 is 0 Å². The Morgan fingerprint density at radius 1 is 1.32 bits per heavy atom. The van der Waals surface area contributed by atoms with Gasteiger partial charge in [0.2, 0.25) is 0 Å². The molecule has 0 heterocycles. The lowest BCUT2D eigenvalue weighted by Crippen LogP contribution is -2.42. The molecule has 1 aliphatic rings. The van der Waals surface area contributed by atoms with E-state index in [0.717, 1.165) is 5.56 Å². The van der Waals surface area contributed by atoms with Crippen molar-refractivity contribution in [3.8, 4) is 0 Å². The minimum atomic E-state index is -0.105. The van der Waals surface area contributed by atoms with Crippen molar-refractivity contribution < 1.29 is 4.39 Å². The smallest absolute Gasteiger partial charge is 0.127 e. The lowest BCUT2D eigenvalue weighted by molar-refractivity contribution is 0.142. The zero-order valence-corrected chi connectivity index (χ0v) is 12.5. The molecule has 106 valence electrons. The van der Waals surface area contributed by atoms with Gasteiger partial charge in [-0.25, -0.2) is 4.39 Å². The van der Waals surface area contributed by atoms with E-state index in [2.05, 4.69) is 33.0 Å². The second kappa shape index (κ2) is 5.62. The predicted molar refractivity (Wildman–Crippen MR) is 78.5 cm³/mol. The lowest BCUT2D eigenvalue weighted by Gasteiger charge is -2.40. The maximum atomic E-state index is 13.8. The van der Waals surface area contributed by atoms with Gasteiger partial charge in [-0.2, -0.15) is 0 Å². The summed E-state index contributed by atoms with van der Waals surface area (Å²) < 4.78 is 13.8. The van der Waals surface area contributed by atoms with Crippen LogP contribution in [0.1, 0.15) is 58.6 Å². The second-order valence-electron chi connectivity index (χ2n) is 6.90. The second-order valence-corrected chi connectivity index (χ2v) is 6.90. The molecule has 0 amide bonds. The molecule has 1 N–H and O–H groups in total. The van der Waals surface area contributed by atoms with Gasteiger partial charge in [0, 0.05) is 17.6 Å². The Bertz CT molecular complexity index is 427. The monoisotopic (exact) mass is 263 g/mol. The van der Waals surface area contributed by atoms with E-state index in [0.29, 0.717) is 17.4 Å². The van der Waals surface area contributed by atoms with Crippen LogP contribution in [0.5, 0.6) is 0 Å². The Morgan fingerprint density at radius 3 is 2.63 bits per heavy atom. The fourth-order valence-electron chi connectivity index (χ4n) is 3.43. The van der Waals surface area contributed by atoms with Crippen LogP contribution in [0.4, 0.5) is 4.39 Å². The first-order valence-corrected chi connectivity index (χ1v) is 7.39. The van der Waals surface area contributed by atoms with Gasteiger partial charge < -0.3 is 5.32 Å². The first-order chi connectivity index (χ1) is 8.89. The van der Waals surface area contributed by atoms with Crippen molar-refractivity contribution >= 4 is 0 Å². The van der Waals surface area contributed by atoms with Gasteiger partial charge in [-0.05, 0) is 43.6 Å². The Morgan fingerprint density at radius 2 is 2.00 bits per heavy atom. The summed E-state index contributed by atoms with van der Waals surface area (Å²) in [6.07, 6.45) is 3.68. The summed E-state index contributed by atoms with van der Waals surface area (Å²) in [5, 5.41) is 3.62. The molecule has 0 saturated heterocycles. The van der Waals surface area contributed by atoms with Crippen molar-refractivity contribution in [1.82, 2.24) is 5.32 Å². The largest absolute Gasteiger partial charge is 0.307 e. The van der Waals surface area contributed by atoms with Crippen molar-refractivity contribution in [1.29, 1.82) is 0 Å². The highest BCUT2D eigenvalue weighted by Gasteiger charge is 2.32. The number of halogens is 1. The molecule has 1 fully saturated rings. The number of nitrogens with one attached hydrogen (secondary N) is 1. The maximum absolute atomic E-state index is 13.8. The summed E-state index contributed by atoms with van der Waals surface area (Å²) in [6.45, 7) is 9.07. The van der Waals surface area contributed by atoms with Crippen molar-refractivity contribution in [2.24, 2.45) is 11.3 Å². The third-order valence-corrected chi connectivity index (χ3v) is 4.53. The fraction of sp³-hybridized carbons (Fsp3) is 0.647. The van der Waals surface area contributed by atoms with Crippen LogP contribution in [0, 0.1) is 17.2 Å². The van der Waals surface area contributed by atoms with Crippen molar-refractivity contribution in [3.05, 3.63) is 35.6 Å². The van der Waals surface area contributed by atoms with Gasteiger partial charge in [-0.3, -0.25) is 0 Å². The Kier molecular flexibility index (Phi) is 4.29. The van der Waals surface area contributed by atoms with Gasteiger partial charge in [-0.15, -0.1) is 0 Å². The molecule has 3 atom stereocenters. The molecular weight excluding hydrogens is 237 g/mol. The van der Waals surface area contributed by atoms with Crippen LogP contribution in [0.15, 0.2) is 24.3 Å². The van der Waals surface area contributed by atoms with Gasteiger partial charge in [0.25, 0.3) is 0 Å². The topological polar surface area (TPSA) is 12.0 Å². The highest BCUT2D eigenvalue weighted by molar-refractivity contribution is 5.20.